The normalized spacial score (nSPS) is 18.6. The van der Waals surface area contributed by atoms with E-state index in [2.05, 4.69) is 4.98 Å². The Kier molecular flexibility index (Phi) is 5.75. The third-order valence-electron chi connectivity index (χ3n) is 6.53. The molecule has 170 valence electrons. The maximum atomic E-state index is 13.5. The van der Waals surface area contributed by atoms with Gasteiger partial charge in [-0.2, -0.15) is 0 Å². The van der Waals surface area contributed by atoms with Gasteiger partial charge in [0.2, 0.25) is 5.91 Å². The zero-order chi connectivity index (χ0) is 22.9. The highest BCUT2D eigenvalue weighted by Gasteiger charge is 2.40. The van der Waals surface area contributed by atoms with Crippen LogP contribution in [-0.2, 0) is 4.79 Å². The van der Waals surface area contributed by atoms with Crippen LogP contribution in [0, 0.1) is 18.7 Å². The average molecular weight is 446 g/mol. The zero-order valence-corrected chi connectivity index (χ0v) is 19.0. The van der Waals surface area contributed by atoms with E-state index in [0.717, 1.165) is 66.1 Å². The third kappa shape index (κ3) is 4.42. The summed E-state index contributed by atoms with van der Waals surface area (Å²) in [6, 6.07) is 12.6. The molecule has 2 heterocycles. The number of carbonyl (C=O) groups is 1. The molecular weight excluding hydrogens is 417 g/mol. The highest BCUT2D eigenvalue weighted by Crippen LogP contribution is 2.46. The number of hydrogen-bond acceptors (Lipinski definition) is 3. The third-order valence-corrected chi connectivity index (χ3v) is 6.53. The number of amides is 1. The van der Waals surface area contributed by atoms with Gasteiger partial charge < -0.3 is 14.2 Å². The molecule has 2 aromatic carbocycles. The van der Waals surface area contributed by atoms with E-state index >= 15 is 0 Å². The summed E-state index contributed by atoms with van der Waals surface area (Å²) in [7, 11) is 1.65. The monoisotopic (exact) mass is 445 g/mol. The van der Waals surface area contributed by atoms with Crippen molar-refractivity contribution in [2.45, 2.75) is 38.6 Å². The fraction of sp³-hybridized carbons (Fsp3) is 0.333. The van der Waals surface area contributed by atoms with Gasteiger partial charge in [0, 0.05) is 18.3 Å². The SMILES string of the molecule is COc1cc(/C=C2\CCCN([C@H](c3ccc(F)cc3)C3CC3)C2=O)ccc1-n1cnc(C)c1. The van der Waals surface area contributed by atoms with Gasteiger partial charge in [0.25, 0.3) is 0 Å². The predicted molar refractivity (Wildman–Crippen MR) is 126 cm³/mol. The Balaban J connectivity index is 1.43. The van der Waals surface area contributed by atoms with Gasteiger partial charge in [-0.3, -0.25) is 4.79 Å². The molecule has 0 radical (unpaired) electrons. The maximum Gasteiger partial charge on any atom is 0.250 e. The van der Waals surface area contributed by atoms with Crippen molar-refractivity contribution in [1.29, 1.82) is 0 Å². The Hall–Kier alpha value is -3.41. The van der Waals surface area contributed by atoms with Gasteiger partial charge in [-0.15, -0.1) is 0 Å². The van der Waals surface area contributed by atoms with E-state index in [1.807, 2.05) is 59.0 Å². The van der Waals surface area contributed by atoms with Crippen molar-refractivity contribution in [3.8, 4) is 11.4 Å². The number of methoxy groups -OCH3 is 1. The molecule has 3 aromatic rings. The molecule has 1 aliphatic heterocycles. The van der Waals surface area contributed by atoms with Gasteiger partial charge in [0.1, 0.15) is 11.6 Å². The summed E-state index contributed by atoms with van der Waals surface area (Å²) < 4.78 is 21.0. The van der Waals surface area contributed by atoms with Gasteiger partial charge in [-0.05, 0) is 80.0 Å². The highest BCUT2D eigenvalue weighted by molar-refractivity contribution is 5.99. The minimum Gasteiger partial charge on any atom is -0.495 e. The molecule has 0 N–H and O–H groups in total. The summed E-state index contributed by atoms with van der Waals surface area (Å²) in [5.41, 5.74) is 4.60. The van der Waals surface area contributed by atoms with Crippen LogP contribution >= 0.6 is 0 Å². The first-order valence-electron chi connectivity index (χ1n) is 11.5. The number of hydrogen-bond donors (Lipinski definition) is 0. The second kappa shape index (κ2) is 8.85. The van der Waals surface area contributed by atoms with E-state index in [0.29, 0.717) is 5.92 Å². The number of rotatable bonds is 6. The lowest BCUT2D eigenvalue weighted by Crippen LogP contribution is -2.40. The number of benzene rings is 2. The highest BCUT2D eigenvalue weighted by atomic mass is 19.1. The van der Waals surface area contributed by atoms with Crippen molar-refractivity contribution in [3.63, 3.8) is 0 Å². The number of likely N-dealkylation sites (tertiary alicyclic amines) is 1. The summed E-state index contributed by atoms with van der Waals surface area (Å²) in [4.78, 5) is 19.8. The summed E-state index contributed by atoms with van der Waals surface area (Å²) >= 11 is 0. The van der Waals surface area contributed by atoms with Crippen LogP contribution in [0.25, 0.3) is 11.8 Å². The predicted octanol–water partition coefficient (Wildman–Crippen LogP) is 5.49. The number of carbonyl (C=O) groups excluding carboxylic acids is 1. The molecule has 1 amide bonds. The molecule has 0 unspecified atom stereocenters. The molecule has 1 atom stereocenters. The molecule has 2 aliphatic rings. The topological polar surface area (TPSA) is 47.4 Å². The molecule has 0 bridgehead atoms. The minimum absolute atomic E-state index is 0.0168. The molecule has 5 rings (SSSR count). The summed E-state index contributed by atoms with van der Waals surface area (Å²) in [5.74, 6) is 1.01. The number of aromatic nitrogens is 2. The van der Waals surface area contributed by atoms with Crippen LogP contribution < -0.4 is 4.74 Å². The first kappa shape index (κ1) is 21.4. The van der Waals surface area contributed by atoms with Crippen LogP contribution in [0.5, 0.6) is 5.75 Å². The van der Waals surface area contributed by atoms with Gasteiger partial charge in [-0.25, -0.2) is 9.37 Å². The number of ether oxygens (including phenoxy) is 1. The average Bonchev–Trinajstić information content (AvgIpc) is 3.56. The number of nitrogens with zero attached hydrogens (tertiary/aromatic N) is 3. The molecule has 1 saturated heterocycles. The fourth-order valence-electron chi connectivity index (χ4n) is 4.76. The van der Waals surface area contributed by atoms with Crippen LogP contribution in [0.1, 0.15) is 48.5 Å². The molecule has 5 nitrogen and oxygen atoms in total. The van der Waals surface area contributed by atoms with E-state index in [9.17, 15) is 9.18 Å². The Bertz CT molecular complexity index is 1190. The van der Waals surface area contributed by atoms with E-state index in [1.165, 1.54) is 12.1 Å². The van der Waals surface area contributed by atoms with Crippen molar-refractivity contribution in [2.24, 2.45) is 5.92 Å². The van der Waals surface area contributed by atoms with Crippen LogP contribution in [0.15, 0.2) is 60.6 Å². The lowest BCUT2D eigenvalue weighted by atomic mass is 9.94. The van der Waals surface area contributed by atoms with Crippen LogP contribution in [-0.4, -0.2) is 34.0 Å². The zero-order valence-electron chi connectivity index (χ0n) is 19.0. The van der Waals surface area contributed by atoms with E-state index < -0.39 is 0 Å². The van der Waals surface area contributed by atoms with Crippen molar-refractivity contribution in [3.05, 3.63) is 83.2 Å². The van der Waals surface area contributed by atoms with Crippen LogP contribution in [0.3, 0.4) is 0 Å². The molecule has 6 heteroatoms. The Morgan fingerprint density at radius 3 is 2.64 bits per heavy atom. The van der Waals surface area contributed by atoms with Crippen molar-refractivity contribution >= 4 is 12.0 Å². The molecular formula is C27H28FN3O2. The Morgan fingerprint density at radius 1 is 1.18 bits per heavy atom. The summed E-state index contributed by atoms with van der Waals surface area (Å²) in [6.45, 7) is 2.68. The lowest BCUT2D eigenvalue weighted by Gasteiger charge is -2.36. The fourth-order valence-corrected chi connectivity index (χ4v) is 4.76. The largest absolute Gasteiger partial charge is 0.495 e. The minimum atomic E-state index is -0.248. The number of imidazole rings is 1. The van der Waals surface area contributed by atoms with Gasteiger partial charge in [-0.1, -0.05) is 18.2 Å². The molecule has 33 heavy (non-hydrogen) atoms. The van der Waals surface area contributed by atoms with E-state index in [-0.39, 0.29) is 17.8 Å². The molecule has 2 fully saturated rings. The van der Waals surface area contributed by atoms with E-state index in [4.69, 9.17) is 4.74 Å². The smallest absolute Gasteiger partial charge is 0.250 e. The second-order valence-corrected chi connectivity index (χ2v) is 8.96. The number of halogens is 1. The molecule has 1 saturated carbocycles. The van der Waals surface area contributed by atoms with Crippen molar-refractivity contribution in [2.75, 3.05) is 13.7 Å². The van der Waals surface area contributed by atoms with Gasteiger partial charge >= 0.3 is 0 Å². The van der Waals surface area contributed by atoms with Crippen molar-refractivity contribution in [1.82, 2.24) is 14.5 Å². The second-order valence-electron chi connectivity index (χ2n) is 8.96. The van der Waals surface area contributed by atoms with Crippen LogP contribution in [0.4, 0.5) is 4.39 Å². The Labute approximate surface area is 193 Å². The number of aryl methyl sites for hydroxylation is 1. The first-order chi connectivity index (χ1) is 16.0. The number of piperidine rings is 1. The lowest BCUT2D eigenvalue weighted by molar-refractivity contribution is -0.131. The maximum absolute atomic E-state index is 13.5. The molecule has 0 spiro atoms. The van der Waals surface area contributed by atoms with E-state index in [1.54, 1.807) is 13.4 Å². The van der Waals surface area contributed by atoms with Gasteiger partial charge in [0.15, 0.2) is 0 Å². The summed E-state index contributed by atoms with van der Waals surface area (Å²) in [6.07, 6.45) is 9.59. The molecule has 1 aliphatic carbocycles. The first-order valence-corrected chi connectivity index (χ1v) is 11.5. The molecule has 1 aromatic heterocycles. The standard InChI is InChI=1S/C27H28FN3O2/c1-18-16-30(17-29-18)24-12-5-19(15-25(24)33-2)14-22-4-3-13-31(27(22)32)26(20-6-7-20)21-8-10-23(28)11-9-21/h5,8-12,14-17,20,26H,3-4,6-7,13H2,1-2H3/b22-14+/t26-/m0/s1. The van der Waals surface area contributed by atoms with Crippen LogP contribution in [0.2, 0.25) is 0 Å². The summed E-state index contributed by atoms with van der Waals surface area (Å²) in [5, 5.41) is 0. The van der Waals surface area contributed by atoms with Crippen molar-refractivity contribution < 1.29 is 13.9 Å². The van der Waals surface area contributed by atoms with Gasteiger partial charge in [0.05, 0.1) is 30.9 Å². The Morgan fingerprint density at radius 2 is 1.97 bits per heavy atom. The quantitative estimate of drug-likeness (QED) is 0.472.